The smallest absolute Gasteiger partial charge is 0.323 e. The molecule has 0 saturated carbocycles. The molecule has 10 heteroatoms. The highest BCUT2D eigenvalue weighted by Crippen LogP contribution is 2.13. The standard InChI is InChI=1S/C16H26N6O4/c1-3-9(2)11(17)15(25)26-5-4-10(7-23)6-22-8-19-12-13(22)20-16(18)21-14(12)24/h8-11,23H,3-7,17H2,1-2H3,(H3,18,20,21,24)/t9-,10+,11-/m0/s1. The largest absolute Gasteiger partial charge is 0.465 e. The number of aliphatic hydroxyl groups is 1. The second-order valence-corrected chi connectivity index (χ2v) is 6.44. The van der Waals surface area contributed by atoms with E-state index in [-0.39, 0.29) is 36.5 Å². The Balaban J connectivity index is 1.96. The van der Waals surface area contributed by atoms with Gasteiger partial charge in [0.15, 0.2) is 11.2 Å². The Morgan fingerprint density at radius 2 is 2.23 bits per heavy atom. The SMILES string of the molecule is CC[C@H](C)[C@H](N)C(=O)OCC[C@@H](CO)Cn1cnc2c(=O)[nH]c(N)nc21. The Bertz CT molecular complexity index is 802. The van der Waals surface area contributed by atoms with Crippen molar-refractivity contribution >= 4 is 23.1 Å². The van der Waals surface area contributed by atoms with Gasteiger partial charge in [-0.05, 0) is 12.3 Å². The first-order chi connectivity index (χ1) is 12.4. The van der Waals surface area contributed by atoms with E-state index < -0.39 is 17.6 Å². The number of nitrogens with one attached hydrogen (secondary N) is 1. The number of ether oxygens (including phenoxy) is 1. The maximum absolute atomic E-state index is 11.9. The van der Waals surface area contributed by atoms with Crippen LogP contribution in [-0.2, 0) is 16.1 Å². The van der Waals surface area contributed by atoms with Gasteiger partial charge in [0.25, 0.3) is 5.56 Å². The van der Waals surface area contributed by atoms with Crippen LogP contribution in [0.5, 0.6) is 0 Å². The van der Waals surface area contributed by atoms with Crippen molar-refractivity contribution in [2.45, 2.75) is 39.3 Å². The minimum Gasteiger partial charge on any atom is -0.465 e. The van der Waals surface area contributed by atoms with Crippen molar-refractivity contribution in [2.75, 3.05) is 18.9 Å². The highest BCUT2D eigenvalue weighted by atomic mass is 16.5. The number of aliphatic hydroxyl groups excluding tert-OH is 1. The van der Waals surface area contributed by atoms with Crippen molar-refractivity contribution in [2.24, 2.45) is 17.6 Å². The van der Waals surface area contributed by atoms with Crippen molar-refractivity contribution < 1.29 is 14.6 Å². The molecule has 0 aliphatic rings. The summed E-state index contributed by atoms with van der Waals surface area (Å²) in [6.45, 7) is 4.25. The number of aromatic amines is 1. The van der Waals surface area contributed by atoms with E-state index in [0.29, 0.717) is 18.6 Å². The van der Waals surface area contributed by atoms with E-state index >= 15 is 0 Å². The quantitative estimate of drug-likeness (QED) is 0.436. The van der Waals surface area contributed by atoms with E-state index in [1.54, 1.807) is 4.57 Å². The summed E-state index contributed by atoms with van der Waals surface area (Å²) in [6, 6.07) is -0.649. The molecule has 0 unspecified atom stereocenters. The molecule has 10 nitrogen and oxygen atoms in total. The van der Waals surface area contributed by atoms with Gasteiger partial charge in [-0.2, -0.15) is 4.98 Å². The average Bonchev–Trinajstić information content (AvgIpc) is 3.02. The van der Waals surface area contributed by atoms with E-state index in [9.17, 15) is 14.7 Å². The lowest BCUT2D eigenvalue weighted by Crippen LogP contribution is -2.38. The summed E-state index contributed by atoms with van der Waals surface area (Å²) in [5.41, 5.74) is 11.5. The molecule has 0 aliphatic heterocycles. The highest BCUT2D eigenvalue weighted by Gasteiger charge is 2.21. The molecule has 2 rings (SSSR count). The molecule has 144 valence electrons. The van der Waals surface area contributed by atoms with E-state index in [1.807, 2.05) is 13.8 Å². The number of nitrogens with two attached hydrogens (primary N) is 2. The predicted molar refractivity (Wildman–Crippen MR) is 96.1 cm³/mol. The van der Waals surface area contributed by atoms with Crippen LogP contribution in [0.4, 0.5) is 5.95 Å². The summed E-state index contributed by atoms with van der Waals surface area (Å²) in [5.74, 6) is -0.603. The fourth-order valence-electron chi connectivity index (χ4n) is 2.53. The molecular formula is C16H26N6O4. The molecule has 0 bridgehead atoms. The van der Waals surface area contributed by atoms with Crippen LogP contribution in [0.1, 0.15) is 26.7 Å². The molecule has 2 aromatic rings. The maximum atomic E-state index is 11.9. The molecule has 0 spiro atoms. The first kappa shape index (κ1) is 19.9. The van der Waals surface area contributed by atoms with Crippen LogP contribution < -0.4 is 17.0 Å². The normalized spacial score (nSPS) is 14.9. The van der Waals surface area contributed by atoms with Crippen molar-refractivity contribution in [3.63, 3.8) is 0 Å². The van der Waals surface area contributed by atoms with Crippen molar-refractivity contribution in [1.29, 1.82) is 0 Å². The number of carbonyl (C=O) groups is 1. The Kier molecular flexibility index (Phi) is 6.70. The van der Waals surface area contributed by atoms with Crippen LogP contribution in [-0.4, -0.2) is 49.9 Å². The third kappa shape index (κ3) is 4.58. The monoisotopic (exact) mass is 366 g/mol. The molecule has 0 amide bonds. The minimum absolute atomic E-state index is 0.00207. The Hall–Kier alpha value is -2.46. The number of carbonyl (C=O) groups excluding carboxylic acids is 1. The molecule has 2 heterocycles. The number of aromatic nitrogens is 4. The zero-order valence-electron chi connectivity index (χ0n) is 15.0. The Labute approximate surface area is 150 Å². The van der Waals surface area contributed by atoms with E-state index in [0.717, 1.165) is 6.42 Å². The summed E-state index contributed by atoms with van der Waals surface area (Å²) < 4.78 is 6.86. The zero-order chi connectivity index (χ0) is 19.3. The molecule has 26 heavy (non-hydrogen) atoms. The summed E-state index contributed by atoms with van der Waals surface area (Å²) in [6.07, 6.45) is 2.70. The lowest BCUT2D eigenvalue weighted by molar-refractivity contribution is -0.147. The maximum Gasteiger partial charge on any atom is 0.323 e. The van der Waals surface area contributed by atoms with Crippen molar-refractivity contribution in [1.82, 2.24) is 19.5 Å². The molecule has 3 atom stereocenters. The van der Waals surface area contributed by atoms with E-state index in [2.05, 4.69) is 15.0 Å². The molecular weight excluding hydrogens is 340 g/mol. The van der Waals surface area contributed by atoms with Gasteiger partial charge in [-0.15, -0.1) is 0 Å². The molecule has 0 fully saturated rings. The van der Waals surface area contributed by atoms with E-state index in [1.165, 1.54) is 6.33 Å². The van der Waals surface area contributed by atoms with Crippen LogP contribution in [0.15, 0.2) is 11.1 Å². The number of hydrogen-bond donors (Lipinski definition) is 4. The summed E-state index contributed by atoms with van der Waals surface area (Å²) in [4.78, 5) is 34.2. The Morgan fingerprint density at radius 1 is 1.50 bits per heavy atom. The number of rotatable bonds is 9. The third-order valence-electron chi connectivity index (χ3n) is 4.51. The average molecular weight is 366 g/mol. The molecule has 0 aliphatic carbocycles. The second-order valence-electron chi connectivity index (χ2n) is 6.44. The fourth-order valence-corrected chi connectivity index (χ4v) is 2.53. The number of nitrogens with zero attached hydrogens (tertiary/aromatic N) is 3. The van der Waals surface area contributed by atoms with Crippen LogP contribution >= 0.6 is 0 Å². The van der Waals surface area contributed by atoms with Gasteiger partial charge >= 0.3 is 5.97 Å². The molecule has 2 aromatic heterocycles. The fraction of sp³-hybridized carbons (Fsp3) is 0.625. The van der Waals surface area contributed by atoms with Gasteiger partial charge in [0.05, 0.1) is 12.9 Å². The highest BCUT2D eigenvalue weighted by molar-refractivity contribution is 5.75. The van der Waals surface area contributed by atoms with E-state index in [4.69, 9.17) is 16.2 Å². The predicted octanol–water partition coefficient (Wildman–Crippen LogP) is -0.383. The van der Waals surface area contributed by atoms with Crippen molar-refractivity contribution in [3.8, 4) is 0 Å². The number of fused-ring (bicyclic) bond motifs is 1. The van der Waals surface area contributed by atoms with Crippen LogP contribution in [0.3, 0.4) is 0 Å². The van der Waals surface area contributed by atoms with Crippen LogP contribution in [0.25, 0.3) is 11.2 Å². The van der Waals surface area contributed by atoms with Gasteiger partial charge in [0.2, 0.25) is 5.95 Å². The number of anilines is 1. The number of esters is 1. The number of hydrogen-bond acceptors (Lipinski definition) is 8. The molecule has 6 N–H and O–H groups in total. The van der Waals surface area contributed by atoms with Crippen molar-refractivity contribution in [3.05, 3.63) is 16.7 Å². The molecule has 0 saturated heterocycles. The van der Waals surface area contributed by atoms with Crippen LogP contribution in [0, 0.1) is 11.8 Å². The number of imidazole rings is 1. The van der Waals surface area contributed by atoms with Gasteiger partial charge in [-0.1, -0.05) is 20.3 Å². The number of nitrogen functional groups attached to an aromatic ring is 1. The van der Waals surface area contributed by atoms with Crippen LogP contribution in [0.2, 0.25) is 0 Å². The summed E-state index contributed by atoms with van der Waals surface area (Å²) in [5, 5.41) is 9.59. The van der Waals surface area contributed by atoms with Gasteiger partial charge in [0.1, 0.15) is 6.04 Å². The first-order valence-electron chi connectivity index (χ1n) is 8.61. The second kappa shape index (κ2) is 8.77. The van der Waals surface area contributed by atoms with Gasteiger partial charge in [-0.3, -0.25) is 14.6 Å². The number of H-pyrrole nitrogens is 1. The summed E-state index contributed by atoms with van der Waals surface area (Å²) >= 11 is 0. The first-order valence-corrected chi connectivity index (χ1v) is 8.61. The van der Waals surface area contributed by atoms with Gasteiger partial charge < -0.3 is 25.9 Å². The lowest BCUT2D eigenvalue weighted by Gasteiger charge is -2.19. The zero-order valence-corrected chi connectivity index (χ0v) is 15.0. The van der Waals surface area contributed by atoms with Gasteiger partial charge in [0, 0.05) is 19.1 Å². The van der Waals surface area contributed by atoms with Gasteiger partial charge in [-0.25, -0.2) is 4.98 Å². The summed E-state index contributed by atoms with van der Waals surface area (Å²) in [7, 11) is 0. The Morgan fingerprint density at radius 3 is 2.88 bits per heavy atom. The topological polar surface area (TPSA) is 162 Å². The molecule has 0 aromatic carbocycles. The lowest BCUT2D eigenvalue weighted by atomic mass is 10.0. The molecule has 0 radical (unpaired) electrons. The third-order valence-corrected chi connectivity index (χ3v) is 4.51. The minimum atomic E-state index is -0.649.